The Morgan fingerprint density at radius 3 is 2.44 bits per heavy atom. The van der Waals surface area contributed by atoms with Crippen LogP contribution < -0.4 is 5.32 Å². The van der Waals surface area contributed by atoms with Crippen LogP contribution in [0.5, 0.6) is 0 Å². The van der Waals surface area contributed by atoms with Gasteiger partial charge in [-0.1, -0.05) is 44.2 Å². The first-order chi connectivity index (χ1) is 12.9. The number of likely N-dealkylation sites (tertiary alicyclic amines) is 1. The Kier molecular flexibility index (Phi) is 7.42. The molecule has 1 atom stereocenters. The zero-order valence-electron chi connectivity index (χ0n) is 15.9. The number of carbonyl (C=O) groups is 2. The number of piperidine rings is 1. The lowest BCUT2D eigenvalue weighted by Crippen LogP contribution is -2.45. The number of carbonyl (C=O) groups excluding carboxylic acids is 1. The molecule has 2 rings (SSSR count). The lowest BCUT2D eigenvalue weighted by molar-refractivity contribution is -0.142. The van der Waals surface area contributed by atoms with E-state index in [1.54, 1.807) is 20.0 Å². The van der Waals surface area contributed by atoms with Crippen molar-refractivity contribution in [1.29, 1.82) is 5.26 Å². The second-order valence-corrected chi connectivity index (χ2v) is 7.36. The quantitative estimate of drug-likeness (QED) is 0.569. The Bertz CT molecular complexity index is 714. The maximum atomic E-state index is 12.3. The van der Waals surface area contributed by atoms with Crippen molar-refractivity contribution in [3.8, 4) is 6.07 Å². The normalized spacial score (nSPS) is 16.7. The summed E-state index contributed by atoms with van der Waals surface area (Å²) in [5.74, 6) is -1.41. The van der Waals surface area contributed by atoms with Crippen LogP contribution in [0, 0.1) is 23.2 Å². The molecule has 1 aliphatic heterocycles. The molecule has 0 saturated carbocycles. The molecule has 1 unspecified atom stereocenters. The minimum absolute atomic E-state index is 0.0524. The average Bonchev–Trinajstić information content (AvgIpc) is 2.65. The van der Waals surface area contributed by atoms with Crippen molar-refractivity contribution < 1.29 is 14.7 Å². The van der Waals surface area contributed by atoms with Gasteiger partial charge < -0.3 is 15.3 Å². The van der Waals surface area contributed by atoms with Gasteiger partial charge in [0.1, 0.15) is 17.7 Å². The molecular weight excluding hydrogens is 342 g/mol. The molecule has 0 aromatic heterocycles. The van der Waals surface area contributed by atoms with Gasteiger partial charge in [0, 0.05) is 19.3 Å². The summed E-state index contributed by atoms with van der Waals surface area (Å²) < 4.78 is 0. The molecule has 1 fully saturated rings. The van der Waals surface area contributed by atoms with E-state index in [0.29, 0.717) is 5.92 Å². The molecule has 0 radical (unpaired) electrons. The molecule has 0 bridgehead atoms. The molecule has 6 heteroatoms. The van der Waals surface area contributed by atoms with Crippen molar-refractivity contribution in [2.45, 2.75) is 39.2 Å². The molecule has 1 aromatic rings. The number of carboxylic acid groups (broad SMARTS) is 1. The maximum absolute atomic E-state index is 12.3. The van der Waals surface area contributed by atoms with Gasteiger partial charge in [0.05, 0.1) is 0 Å². The number of hydrogen-bond acceptors (Lipinski definition) is 4. The van der Waals surface area contributed by atoms with E-state index >= 15 is 0 Å². The van der Waals surface area contributed by atoms with Gasteiger partial charge in [-0.15, -0.1) is 0 Å². The first-order valence-corrected chi connectivity index (χ1v) is 9.34. The van der Waals surface area contributed by atoms with Gasteiger partial charge in [0.25, 0.3) is 5.91 Å². The predicted octanol–water partition coefficient (Wildman–Crippen LogP) is 2.57. The van der Waals surface area contributed by atoms with E-state index in [2.05, 4.69) is 17.4 Å². The topological polar surface area (TPSA) is 93.4 Å². The molecule has 27 heavy (non-hydrogen) atoms. The van der Waals surface area contributed by atoms with Crippen LogP contribution in [0.1, 0.15) is 32.3 Å². The lowest BCUT2D eigenvalue weighted by Gasteiger charge is -2.31. The molecule has 1 heterocycles. The summed E-state index contributed by atoms with van der Waals surface area (Å²) in [4.78, 5) is 25.5. The smallest absolute Gasteiger partial charge is 0.326 e. The first kappa shape index (κ1) is 20.5. The third kappa shape index (κ3) is 6.14. The third-order valence-electron chi connectivity index (χ3n) is 4.91. The van der Waals surface area contributed by atoms with Crippen molar-refractivity contribution in [3.05, 3.63) is 47.7 Å². The van der Waals surface area contributed by atoms with Gasteiger partial charge in [-0.25, -0.2) is 4.79 Å². The summed E-state index contributed by atoms with van der Waals surface area (Å²) in [6.45, 7) is 4.99. The highest BCUT2D eigenvalue weighted by atomic mass is 16.4. The minimum atomic E-state index is -1.10. The fraction of sp³-hybridized carbons (Fsp3) is 0.476. The van der Waals surface area contributed by atoms with Crippen molar-refractivity contribution in [2.24, 2.45) is 11.8 Å². The van der Waals surface area contributed by atoms with Crippen molar-refractivity contribution in [3.63, 3.8) is 0 Å². The van der Waals surface area contributed by atoms with E-state index in [1.165, 1.54) is 5.56 Å². The summed E-state index contributed by atoms with van der Waals surface area (Å²) in [6.07, 6.45) is 4.59. The minimum Gasteiger partial charge on any atom is -0.480 e. The first-order valence-electron chi connectivity index (χ1n) is 9.34. The van der Waals surface area contributed by atoms with E-state index in [9.17, 15) is 20.0 Å². The zero-order chi connectivity index (χ0) is 19.8. The molecule has 0 aliphatic carbocycles. The number of nitrogens with zero attached hydrogens (tertiary/aromatic N) is 2. The summed E-state index contributed by atoms with van der Waals surface area (Å²) in [5.41, 5.74) is 1.28. The Labute approximate surface area is 160 Å². The molecule has 0 spiro atoms. The molecule has 2 N–H and O–H groups in total. The number of nitriles is 1. The maximum Gasteiger partial charge on any atom is 0.326 e. The Morgan fingerprint density at radius 2 is 1.93 bits per heavy atom. The highest BCUT2D eigenvalue weighted by molar-refractivity contribution is 5.99. The average molecular weight is 369 g/mol. The van der Waals surface area contributed by atoms with Crippen LogP contribution in [0.3, 0.4) is 0 Å². The third-order valence-corrected chi connectivity index (χ3v) is 4.91. The molecule has 144 valence electrons. The van der Waals surface area contributed by atoms with E-state index < -0.39 is 17.9 Å². The molecular formula is C21H27N3O3. The van der Waals surface area contributed by atoms with Gasteiger partial charge in [-0.05, 0) is 36.7 Å². The van der Waals surface area contributed by atoms with Gasteiger partial charge in [-0.2, -0.15) is 5.26 Å². The van der Waals surface area contributed by atoms with Gasteiger partial charge in [0.2, 0.25) is 0 Å². The summed E-state index contributed by atoms with van der Waals surface area (Å²) in [5, 5.41) is 20.9. The summed E-state index contributed by atoms with van der Waals surface area (Å²) in [6, 6.07) is 11.3. The van der Waals surface area contributed by atoms with E-state index in [0.717, 1.165) is 32.4 Å². The van der Waals surface area contributed by atoms with Crippen molar-refractivity contribution in [2.75, 3.05) is 13.1 Å². The van der Waals surface area contributed by atoms with E-state index in [1.807, 2.05) is 29.2 Å². The fourth-order valence-corrected chi connectivity index (χ4v) is 3.29. The second kappa shape index (κ2) is 9.77. The number of amides is 1. The largest absolute Gasteiger partial charge is 0.480 e. The molecule has 1 aliphatic rings. The second-order valence-electron chi connectivity index (χ2n) is 7.36. The number of benzene rings is 1. The highest BCUT2D eigenvalue weighted by Crippen LogP contribution is 2.22. The Hall–Kier alpha value is -2.81. The van der Waals surface area contributed by atoms with Crippen LogP contribution in [-0.4, -0.2) is 41.0 Å². The zero-order valence-corrected chi connectivity index (χ0v) is 15.9. The highest BCUT2D eigenvalue weighted by Gasteiger charge is 2.26. The van der Waals surface area contributed by atoms with Crippen LogP contribution in [0.4, 0.5) is 0 Å². The van der Waals surface area contributed by atoms with Crippen LogP contribution >= 0.6 is 0 Å². The van der Waals surface area contributed by atoms with Gasteiger partial charge in [-0.3, -0.25) is 4.79 Å². The van der Waals surface area contributed by atoms with Crippen molar-refractivity contribution >= 4 is 11.9 Å². The number of carboxylic acids is 1. The summed E-state index contributed by atoms with van der Waals surface area (Å²) in [7, 11) is 0. The number of nitrogens with one attached hydrogen (secondary N) is 1. The monoisotopic (exact) mass is 369 g/mol. The van der Waals surface area contributed by atoms with E-state index in [-0.39, 0.29) is 11.5 Å². The van der Waals surface area contributed by atoms with Crippen LogP contribution in [0.2, 0.25) is 0 Å². The summed E-state index contributed by atoms with van der Waals surface area (Å²) >= 11 is 0. The van der Waals surface area contributed by atoms with Crippen LogP contribution in [0.15, 0.2) is 42.1 Å². The lowest BCUT2D eigenvalue weighted by atomic mass is 9.90. The molecule has 6 nitrogen and oxygen atoms in total. The van der Waals surface area contributed by atoms with Gasteiger partial charge in [0.15, 0.2) is 0 Å². The number of rotatable bonds is 7. The molecule has 1 amide bonds. The predicted molar refractivity (Wildman–Crippen MR) is 103 cm³/mol. The Balaban J connectivity index is 1.92. The molecule has 1 saturated heterocycles. The SMILES string of the molecule is CC(C)C(NC(=O)/C(C#N)=C\N1CCC(Cc2ccccc2)CC1)C(=O)O. The number of hydrogen-bond donors (Lipinski definition) is 2. The van der Waals surface area contributed by atoms with Crippen LogP contribution in [0.25, 0.3) is 0 Å². The van der Waals surface area contributed by atoms with Gasteiger partial charge >= 0.3 is 5.97 Å². The standard InChI is InChI=1S/C21H27N3O3/c1-15(2)19(21(26)27)23-20(25)18(13-22)14-24-10-8-17(9-11-24)12-16-6-4-3-5-7-16/h3-7,14-15,17,19H,8-12H2,1-2H3,(H,23,25)(H,26,27)/b18-14-. The van der Waals surface area contributed by atoms with Crippen molar-refractivity contribution in [1.82, 2.24) is 10.2 Å². The molecule has 1 aromatic carbocycles. The number of aliphatic carboxylic acids is 1. The Morgan fingerprint density at radius 1 is 1.30 bits per heavy atom. The van der Waals surface area contributed by atoms with E-state index in [4.69, 9.17) is 0 Å². The van der Waals surface area contributed by atoms with Crippen LogP contribution in [-0.2, 0) is 16.0 Å². The fourth-order valence-electron chi connectivity index (χ4n) is 3.29.